The van der Waals surface area contributed by atoms with Crippen LogP contribution in [0, 0.1) is 0 Å². The molecule has 0 radical (unpaired) electrons. The maximum Gasteiger partial charge on any atom is 0.329 e. The molecule has 20 heavy (non-hydrogen) atoms. The summed E-state index contributed by atoms with van der Waals surface area (Å²) in [7, 11) is 1.58. The molecule has 1 aromatic rings. The van der Waals surface area contributed by atoms with Gasteiger partial charge >= 0.3 is 12.0 Å². The Morgan fingerprint density at radius 3 is 2.85 bits per heavy atom. The van der Waals surface area contributed by atoms with E-state index in [0.29, 0.717) is 13.0 Å². The third-order valence-corrected chi connectivity index (χ3v) is 2.95. The second-order valence-corrected chi connectivity index (χ2v) is 4.39. The van der Waals surface area contributed by atoms with Crippen molar-refractivity contribution < 1.29 is 14.3 Å². The minimum absolute atomic E-state index is 0.308. The summed E-state index contributed by atoms with van der Waals surface area (Å²) in [6.45, 7) is 5.79. The summed E-state index contributed by atoms with van der Waals surface area (Å²) >= 11 is 0. The third-order valence-electron chi connectivity index (χ3n) is 2.95. The van der Waals surface area contributed by atoms with E-state index in [2.05, 4.69) is 11.6 Å². The van der Waals surface area contributed by atoms with E-state index in [1.165, 1.54) is 22.0 Å². The first kappa shape index (κ1) is 15.9. The van der Waals surface area contributed by atoms with Crippen LogP contribution in [0.4, 0.5) is 4.79 Å². The van der Waals surface area contributed by atoms with Gasteiger partial charge in [-0.25, -0.2) is 14.6 Å². The summed E-state index contributed by atoms with van der Waals surface area (Å²) in [6, 6.07) is -0.897. The molecule has 1 amide bonds. The van der Waals surface area contributed by atoms with Crippen molar-refractivity contribution >= 4 is 12.0 Å². The molecule has 0 saturated heterocycles. The molecule has 1 heterocycles. The Hall–Kier alpha value is -2.11. The molecule has 0 bridgehead atoms. The lowest BCUT2D eigenvalue weighted by atomic mass is 10.2. The number of nitrogens with zero attached hydrogens (tertiary/aromatic N) is 3. The summed E-state index contributed by atoms with van der Waals surface area (Å²) in [5.41, 5.74) is 0. The van der Waals surface area contributed by atoms with Crippen molar-refractivity contribution in [3.8, 4) is 0 Å². The van der Waals surface area contributed by atoms with Gasteiger partial charge in [-0.05, 0) is 19.3 Å². The number of allylic oxidation sites excluding steroid dienone is 1. The highest BCUT2D eigenvalue weighted by atomic mass is 16.5. The number of hydrogen-bond acceptors (Lipinski definition) is 4. The standard InChI is InChI=1S/C14H21N3O3/c1-4-6-7-10-20-13(18)12(5-2)16(3)14(19)17-9-8-15-11-17/h4,8-9,11-12H,1,5-7,10H2,2-3H3/t12-/m1/s1. The van der Waals surface area contributed by atoms with Gasteiger partial charge < -0.3 is 9.64 Å². The van der Waals surface area contributed by atoms with E-state index in [-0.39, 0.29) is 12.0 Å². The molecule has 0 aliphatic heterocycles. The van der Waals surface area contributed by atoms with Gasteiger partial charge in [0.05, 0.1) is 6.61 Å². The molecule has 6 heteroatoms. The average molecular weight is 279 g/mol. The van der Waals surface area contributed by atoms with Gasteiger partial charge in [-0.15, -0.1) is 6.58 Å². The Bertz CT molecular complexity index is 443. The fourth-order valence-corrected chi connectivity index (χ4v) is 1.78. The normalized spacial score (nSPS) is 11.7. The molecular weight excluding hydrogens is 258 g/mol. The highest BCUT2D eigenvalue weighted by Crippen LogP contribution is 2.07. The maximum absolute atomic E-state index is 12.1. The molecule has 1 rings (SSSR count). The van der Waals surface area contributed by atoms with E-state index < -0.39 is 6.04 Å². The Balaban J connectivity index is 2.57. The lowest BCUT2D eigenvalue weighted by Crippen LogP contribution is -2.44. The second kappa shape index (κ2) is 8.14. The fraction of sp³-hybridized carbons (Fsp3) is 0.500. The number of unbranched alkanes of at least 4 members (excludes halogenated alkanes) is 1. The predicted molar refractivity (Wildman–Crippen MR) is 75.3 cm³/mol. The lowest BCUT2D eigenvalue weighted by molar-refractivity contribution is -0.148. The van der Waals surface area contributed by atoms with Crippen LogP contribution in [0.1, 0.15) is 26.2 Å². The molecule has 0 unspecified atom stereocenters. The molecule has 0 aliphatic rings. The summed E-state index contributed by atoms with van der Waals surface area (Å²) in [5.74, 6) is -0.382. The fourth-order valence-electron chi connectivity index (χ4n) is 1.78. The molecule has 1 atom stereocenters. The SMILES string of the molecule is C=CCCCOC(=O)[C@@H](CC)N(C)C(=O)n1ccnc1. The first-order valence-electron chi connectivity index (χ1n) is 6.64. The summed E-state index contributed by atoms with van der Waals surface area (Å²) in [6.07, 6.45) is 8.28. The molecule has 0 aromatic carbocycles. The molecule has 0 spiro atoms. The van der Waals surface area contributed by atoms with Gasteiger partial charge in [0, 0.05) is 19.4 Å². The van der Waals surface area contributed by atoms with Crippen molar-refractivity contribution in [1.29, 1.82) is 0 Å². The number of hydrogen-bond donors (Lipinski definition) is 0. The largest absolute Gasteiger partial charge is 0.464 e. The quantitative estimate of drug-likeness (QED) is 0.435. The molecule has 0 aliphatic carbocycles. The molecule has 6 nitrogen and oxygen atoms in total. The Morgan fingerprint density at radius 2 is 2.30 bits per heavy atom. The van der Waals surface area contributed by atoms with Crippen LogP contribution in [0.5, 0.6) is 0 Å². The zero-order valence-electron chi connectivity index (χ0n) is 12.0. The predicted octanol–water partition coefficient (Wildman–Crippen LogP) is 2.07. The van der Waals surface area contributed by atoms with Gasteiger partial charge in [-0.2, -0.15) is 0 Å². The number of imidazole rings is 1. The van der Waals surface area contributed by atoms with E-state index in [1.54, 1.807) is 19.3 Å². The van der Waals surface area contributed by atoms with E-state index in [9.17, 15) is 9.59 Å². The Morgan fingerprint density at radius 1 is 1.55 bits per heavy atom. The van der Waals surface area contributed by atoms with Crippen LogP contribution in [0.3, 0.4) is 0 Å². The Labute approximate surface area is 119 Å². The lowest BCUT2D eigenvalue weighted by Gasteiger charge is -2.25. The topological polar surface area (TPSA) is 64.4 Å². The zero-order chi connectivity index (χ0) is 15.0. The number of carbonyl (C=O) groups excluding carboxylic acids is 2. The number of carbonyl (C=O) groups is 2. The van der Waals surface area contributed by atoms with Crippen molar-refractivity contribution in [3.63, 3.8) is 0 Å². The zero-order valence-corrected chi connectivity index (χ0v) is 12.0. The average Bonchev–Trinajstić information content (AvgIpc) is 2.97. The molecule has 0 fully saturated rings. The smallest absolute Gasteiger partial charge is 0.329 e. The number of amides is 1. The van der Waals surface area contributed by atoms with Gasteiger partial charge in [0.1, 0.15) is 12.4 Å². The molecule has 1 aromatic heterocycles. The van der Waals surface area contributed by atoms with Gasteiger partial charge in [0.2, 0.25) is 0 Å². The first-order chi connectivity index (χ1) is 9.61. The third kappa shape index (κ3) is 4.22. The van der Waals surface area contributed by atoms with E-state index in [4.69, 9.17) is 4.74 Å². The maximum atomic E-state index is 12.1. The van der Waals surface area contributed by atoms with Gasteiger partial charge in [-0.1, -0.05) is 13.0 Å². The van der Waals surface area contributed by atoms with Crippen molar-refractivity contribution in [2.24, 2.45) is 0 Å². The molecule has 0 N–H and O–H groups in total. The number of aromatic nitrogens is 2. The first-order valence-corrected chi connectivity index (χ1v) is 6.64. The van der Waals surface area contributed by atoms with Gasteiger partial charge in [0.15, 0.2) is 0 Å². The van der Waals surface area contributed by atoms with E-state index in [0.717, 1.165) is 12.8 Å². The van der Waals surface area contributed by atoms with Crippen molar-refractivity contribution in [1.82, 2.24) is 14.5 Å². The van der Waals surface area contributed by atoms with Crippen molar-refractivity contribution in [3.05, 3.63) is 31.4 Å². The summed E-state index contributed by atoms with van der Waals surface area (Å²) < 4.78 is 6.51. The highest BCUT2D eigenvalue weighted by Gasteiger charge is 2.27. The van der Waals surface area contributed by atoms with Gasteiger partial charge in [-0.3, -0.25) is 4.57 Å². The summed E-state index contributed by atoms with van der Waals surface area (Å²) in [5, 5.41) is 0. The monoisotopic (exact) mass is 279 g/mol. The molecule has 110 valence electrons. The van der Waals surface area contributed by atoms with Crippen LogP contribution in [0.25, 0.3) is 0 Å². The Kier molecular flexibility index (Phi) is 6.49. The highest BCUT2D eigenvalue weighted by molar-refractivity contribution is 5.84. The van der Waals surface area contributed by atoms with E-state index in [1.807, 2.05) is 6.92 Å². The number of rotatable bonds is 7. The molecular formula is C14H21N3O3. The van der Waals surface area contributed by atoms with Crippen LogP contribution >= 0.6 is 0 Å². The van der Waals surface area contributed by atoms with Gasteiger partial charge in [0.25, 0.3) is 0 Å². The molecule has 0 saturated carbocycles. The minimum atomic E-state index is -0.589. The number of esters is 1. The van der Waals surface area contributed by atoms with Crippen molar-refractivity contribution in [2.45, 2.75) is 32.2 Å². The van der Waals surface area contributed by atoms with Crippen LogP contribution in [0.15, 0.2) is 31.4 Å². The number of ether oxygens (including phenoxy) is 1. The minimum Gasteiger partial charge on any atom is -0.464 e. The van der Waals surface area contributed by atoms with Crippen molar-refractivity contribution in [2.75, 3.05) is 13.7 Å². The second-order valence-electron chi connectivity index (χ2n) is 4.39. The van der Waals surface area contributed by atoms with Crippen LogP contribution < -0.4 is 0 Å². The number of likely N-dealkylation sites (N-methyl/N-ethyl adjacent to an activating group) is 1. The van der Waals surface area contributed by atoms with Crippen LogP contribution in [-0.2, 0) is 9.53 Å². The van der Waals surface area contributed by atoms with E-state index >= 15 is 0 Å². The summed E-state index contributed by atoms with van der Waals surface area (Å²) in [4.78, 5) is 29.3. The van der Waals surface area contributed by atoms with Crippen LogP contribution in [0.2, 0.25) is 0 Å². The van der Waals surface area contributed by atoms with Crippen LogP contribution in [-0.4, -0.2) is 46.1 Å².